The third-order valence-corrected chi connectivity index (χ3v) is 3.66. The number of ketones is 1. The highest BCUT2D eigenvalue weighted by Gasteiger charge is 2.16. The lowest BCUT2D eigenvalue weighted by Crippen LogP contribution is -2.03. The molecule has 0 saturated carbocycles. The maximum Gasteiger partial charge on any atom is 0.231 e. The lowest BCUT2D eigenvalue weighted by molar-refractivity contribution is 0.102. The van der Waals surface area contributed by atoms with E-state index in [-0.39, 0.29) is 12.6 Å². The SMILES string of the molecule is Cc1ccnc(SCC(=O)c2ccc3c(c2)OCO3)n1. The lowest BCUT2D eigenvalue weighted by Gasteiger charge is -2.02. The van der Waals surface area contributed by atoms with Crippen molar-refractivity contribution in [3.63, 3.8) is 0 Å². The monoisotopic (exact) mass is 288 g/mol. The van der Waals surface area contributed by atoms with Crippen molar-refractivity contribution in [1.29, 1.82) is 0 Å². The van der Waals surface area contributed by atoms with Gasteiger partial charge in [-0.3, -0.25) is 4.79 Å². The Kier molecular flexibility index (Phi) is 3.56. The van der Waals surface area contributed by atoms with Gasteiger partial charge in [0.1, 0.15) is 0 Å². The highest BCUT2D eigenvalue weighted by atomic mass is 32.2. The molecule has 1 aliphatic heterocycles. The van der Waals surface area contributed by atoms with Gasteiger partial charge in [-0.05, 0) is 31.2 Å². The molecular formula is C14H12N2O3S. The van der Waals surface area contributed by atoms with Gasteiger partial charge in [0.2, 0.25) is 6.79 Å². The smallest absolute Gasteiger partial charge is 0.231 e. The maximum atomic E-state index is 12.1. The number of thioether (sulfide) groups is 1. The van der Waals surface area contributed by atoms with Gasteiger partial charge < -0.3 is 9.47 Å². The number of rotatable bonds is 4. The number of hydrogen-bond acceptors (Lipinski definition) is 6. The van der Waals surface area contributed by atoms with Crippen LogP contribution in [0.5, 0.6) is 11.5 Å². The van der Waals surface area contributed by atoms with E-state index in [4.69, 9.17) is 9.47 Å². The van der Waals surface area contributed by atoms with Gasteiger partial charge in [-0.15, -0.1) is 0 Å². The van der Waals surface area contributed by atoms with Crippen molar-refractivity contribution in [1.82, 2.24) is 9.97 Å². The van der Waals surface area contributed by atoms with E-state index in [9.17, 15) is 4.79 Å². The number of nitrogens with zero attached hydrogens (tertiary/aromatic N) is 2. The van der Waals surface area contributed by atoms with Crippen LogP contribution in [0.15, 0.2) is 35.6 Å². The normalized spacial score (nSPS) is 12.4. The minimum absolute atomic E-state index is 0.0124. The van der Waals surface area contributed by atoms with Crippen LogP contribution in [0, 0.1) is 6.92 Å². The fraction of sp³-hybridized carbons (Fsp3) is 0.214. The molecule has 6 heteroatoms. The molecule has 102 valence electrons. The number of ether oxygens (including phenoxy) is 2. The number of fused-ring (bicyclic) bond motifs is 1. The van der Waals surface area contributed by atoms with Crippen LogP contribution in [-0.2, 0) is 0 Å². The average molecular weight is 288 g/mol. The molecule has 0 fully saturated rings. The van der Waals surface area contributed by atoms with Crippen molar-refractivity contribution in [2.45, 2.75) is 12.1 Å². The van der Waals surface area contributed by atoms with E-state index >= 15 is 0 Å². The Balaban J connectivity index is 1.67. The molecule has 0 spiro atoms. The van der Waals surface area contributed by atoms with Crippen LogP contribution in [-0.4, -0.2) is 28.3 Å². The number of carbonyl (C=O) groups is 1. The molecule has 0 unspecified atom stereocenters. The van der Waals surface area contributed by atoms with E-state index in [0.29, 0.717) is 28.0 Å². The predicted octanol–water partition coefficient (Wildman–Crippen LogP) is 2.49. The van der Waals surface area contributed by atoms with Crippen molar-refractivity contribution in [2.24, 2.45) is 0 Å². The summed E-state index contributed by atoms with van der Waals surface area (Å²) in [4.78, 5) is 20.5. The second kappa shape index (κ2) is 5.50. The Morgan fingerprint density at radius 3 is 3.00 bits per heavy atom. The van der Waals surface area contributed by atoms with E-state index in [0.717, 1.165) is 5.69 Å². The standard InChI is InChI=1S/C14H12N2O3S/c1-9-4-5-15-14(16-9)20-7-11(17)10-2-3-12-13(6-10)19-8-18-12/h2-6H,7-8H2,1H3. The molecular weight excluding hydrogens is 276 g/mol. The summed E-state index contributed by atoms with van der Waals surface area (Å²) in [5.41, 5.74) is 1.49. The number of benzene rings is 1. The molecule has 1 aliphatic rings. The number of aromatic nitrogens is 2. The number of Topliss-reactive ketones (excluding diaryl/α,β-unsaturated/α-hetero) is 1. The summed E-state index contributed by atoms with van der Waals surface area (Å²) in [6.45, 7) is 2.10. The average Bonchev–Trinajstić information content (AvgIpc) is 2.92. The summed E-state index contributed by atoms with van der Waals surface area (Å²) in [6.07, 6.45) is 1.69. The fourth-order valence-electron chi connectivity index (χ4n) is 1.78. The molecule has 2 heterocycles. The molecule has 2 aromatic rings. The van der Waals surface area contributed by atoms with Crippen LogP contribution in [0.1, 0.15) is 16.1 Å². The summed E-state index contributed by atoms with van der Waals surface area (Å²) in [5, 5.41) is 0.610. The minimum atomic E-state index is 0.0124. The zero-order chi connectivity index (χ0) is 13.9. The second-order valence-electron chi connectivity index (χ2n) is 4.26. The molecule has 0 amide bonds. The van der Waals surface area contributed by atoms with Gasteiger partial charge in [-0.1, -0.05) is 11.8 Å². The molecule has 5 nitrogen and oxygen atoms in total. The zero-order valence-electron chi connectivity index (χ0n) is 10.8. The Labute approximate surface area is 120 Å². The number of carbonyl (C=O) groups excluding carboxylic acids is 1. The molecule has 0 N–H and O–H groups in total. The minimum Gasteiger partial charge on any atom is -0.454 e. The topological polar surface area (TPSA) is 61.3 Å². The largest absolute Gasteiger partial charge is 0.454 e. The Morgan fingerprint density at radius 1 is 1.30 bits per heavy atom. The van der Waals surface area contributed by atoms with Gasteiger partial charge in [0.05, 0.1) is 5.75 Å². The third-order valence-electron chi connectivity index (χ3n) is 2.80. The molecule has 0 aliphatic carbocycles. The molecule has 20 heavy (non-hydrogen) atoms. The highest BCUT2D eigenvalue weighted by molar-refractivity contribution is 7.99. The van der Waals surface area contributed by atoms with Crippen LogP contribution in [0.25, 0.3) is 0 Å². The van der Waals surface area contributed by atoms with Crippen LogP contribution in [0.4, 0.5) is 0 Å². The van der Waals surface area contributed by atoms with Crippen LogP contribution in [0.3, 0.4) is 0 Å². The van der Waals surface area contributed by atoms with Crippen LogP contribution >= 0.6 is 11.8 Å². The first-order valence-corrected chi connectivity index (χ1v) is 7.06. The summed E-state index contributed by atoms with van der Waals surface area (Å²) in [6, 6.07) is 7.03. The number of aryl methyl sites for hydroxylation is 1. The summed E-state index contributed by atoms with van der Waals surface area (Å²) in [5.74, 6) is 1.60. The van der Waals surface area contributed by atoms with Crippen LogP contribution < -0.4 is 9.47 Å². The van der Waals surface area contributed by atoms with E-state index in [1.807, 2.05) is 13.0 Å². The summed E-state index contributed by atoms with van der Waals surface area (Å²) >= 11 is 1.33. The van der Waals surface area contributed by atoms with Crippen molar-refractivity contribution in [3.8, 4) is 11.5 Å². The Bertz CT molecular complexity index is 661. The predicted molar refractivity (Wildman–Crippen MR) is 74.4 cm³/mol. The molecule has 1 aromatic carbocycles. The lowest BCUT2D eigenvalue weighted by atomic mass is 10.1. The molecule has 1 aromatic heterocycles. The van der Waals surface area contributed by atoms with Crippen molar-refractivity contribution < 1.29 is 14.3 Å². The summed E-state index contributed by atoms with van der Waals surface area (Å²) < 4.78 is 10.5. The molecule has 0 bridgehead atoms. The van der Waals surface area contributed by atoms with Crippen molar-refractivity contribution in [3.05, 3.63) is 41.7 Å². The van der Waals surface area contributed by atoms with E-state index in [1.54, 1.807) is 24.4 Å². The number of hydrogen-bond donors (Lipinski definition) is 0. The van der Waals surface area contributed by atoms with Gasteiger partial charge >= 0.3 is 0 Å². The quantitative estimate of drug-likeness (QED) is 0.489. The van der Waals surface area contributed by atoms with Crippen molar-refractivity contribution in [2.75, 3.05) is 12.5 Å². The zero-order valence-corrected chi connectivity index (χ0v) is 11.6. The van der Waals surface area contributed by atoms with E-state index in [2.05, 4.69) is 9.97 Å². The van der Waals surface area contributed by atoms with Gasteiger partial charge in [0.15, 0.2) is 22.4 Å². The fourth-order valence-corrected chi connectivity index (χ4v) is 2.55. The van der Waals surface area contributed by atoms with Gasteiger partial charge in [-0.2, -0.15) is 0 Å². The van der Waals surface area contributed by atoms with Gasteiger partial charge in [0.25, 0.3) is 0 Å². The van der Waals surface area contributed by atoms with E-state index in [1.165, 1.54) is 11.8 Å². The molecule has 3 rings (SSSR count). The summed E-state index contributed by atoms with van der Waals surface area (Å²) in [7, 11) is 0. The molecule has 0 atom stereocenters. The molecule has 0 radical (unpaired) electrons. The first-order valence-electron chi connectivity index (χ1n) is 6.08. The van der Waals surface area contributed by atoms with Crippen molar-refractivity contribution >= 4 is 17.5 Å². The van der Waals surface area contributed by atoms with Gasteiger partial charge in [-0.25, -0.2) is 9.97 Å². The molecule has 0 saturated heterocycles. The van der Waals surface area contributed by atoms with Gasteiger partial charge in [0, 0.05) is 17.5 Å². The van der Waals surface area contributed by atoms with E-state index < -0.39 is 0 Å². The Hall–Kier alpha value is -2.08. The first kappa shape index (κ1) is 12.9. The Morgan fingerprint density at radius 2 is 2.15 bits per heavy atom. The third kappa shape index (κ3) is 2.75. The van der Waals surface area contributed by atoms with Crippen LogP contribution in [0.2, 0.25) is 0 Å². The maximum absolute atomic E-state index is 12.1. The highest BCUT2D eigenvalue weighted by Crippen LogP contribution is 2.32. The second-order valence-corrected chi connectivity index (χ2v) is 5.20. The first-order chi connectivity index (χ1) is 9.72.